The monoisotopic (exact) mass is 304 g/mol. The van der Waals surface area contributed by atoms with Crippen LogP contribution in [0.5, 0.6) is 0 Å². The fraction of sp³-hybridized carbons (Fsp3) is 0.300. The number of rotatable bonds is 4. The van der Waals surface area contributed by atoms with Crippen LogP contribution in [-0.4, -0.2) is 35.3 Å². The Bertz CT molecular complexity index is 428. The van der Waals surface area contributed by atoms with Crippen molar-refractivity contribution in [3.63, 3.8) is 0 Å². The molecule has 0 radical (unpaired) electrons. The normalized spacial score (nSPS) is 11.7. The van der Waals surface area contributed by atoms with Crippen molar-refractivity contribution in [2.75, 3.05) is 13.7 Å². The summed E-state index contributed by atoms with van der Waals surface area (Å²) in [5.41, 5.74) is 0.0922. The third-order valence-corrected chi connectivity index (χ3v) is 2.56. The van der Waals surface area contributed by atoms with Gasteiger partial charge in [0.15, 0.2) is 0 Å². The van der Waals surface area contributed by atoms with Gasteiger partial charge < -0.3 is 10.1 Å². The predicted molar refractivity (Wildman–Crippen MR) is 61.3 cm³/mol. The Labute approximate surface area is 105 Å². The lowest BCUT2D eigenvalue weighted by molar-refractivity contribution is -0.139. The van der Waals surface area contributed by atoms with Gasteiger partial charge in [-0.05, 0) is 6.07 Å². The predicted octanol–water partition coefficient (Wildman–Crippen LogP) is 0.887. The first-order chi connectivity index (χ1) is 8.04. The van der Waals surface area contributed by atoms with Crippen molar-refractivity contribution in [2.45, 2.75) is 4.83 Å². The summed E-state index contributed by atoms with van der Waals surface area (Å²) in [6.45, 7) is 0.0437. The number of pyridine rings is 1. The van der Waals surface area contributed by atoms with Crippen LogP contribution in [0.3, 0.4) is 0 Å². The minimum absolute atomic E-state index is 0.0437. The molecule has 1 aromatic heterocycles. The first-order valence-corrected chi connectivity index (χ1v) is 5.57. The van der Waals surface area contributed by atoms with Gasteiger partial charge in [-0.25, -0.2) is 4.39 Å². The minimum Gasteiger partial charge on any atom is -0.468 e. The SMILES string of the molecule is COC(=O)C(Br)CNC(=O)c1cncc(F)c1. The highest BCUT2D eigenvalue weighted by Crippen LogP contribution is 2.03. The maximum atomic E-state index is 12.8. The highest BCUT2D eigenvalue weighted by atomic mass is 79.9. The second-order valence-corrected chi connectivity index (χ2v) is 4.20. The fourth-order valence-corrected chi connectivity index (χ4v) is 1.38. The van der Waals surface area contributed by atoms with E-state index in [2.05, 4.69) is 31.0 Å². The van der Waals surface area contributed by atoms with Gasteiger partial charge in [0.2, 0.25) is 0 Å². The molecule has 1 rings (SSSR count). The number of carbonyl (C=O) groups excluding carboxylic acids is 2. The molecule has 1 aromatic rings. The number of hydrogen-bond donors (Lipinski definition) is 1. The van der Waals surface area contributed by atoms with Gasteiger partial charge in [-0.3, -0.25) is 14.6 Å². The van der Waals surface area contributed by atoms with Gasteiger partial charge in [0.25, 0.3) is 5.91 Å². The molecular formula is C10H10BrFN2O3. The Morgan fingerprint density at radius 1 is 1.59 bits per heavy atom. The molecule has 1 amide bonds. The summed E-state index contributed by atoms with van der Waals surface area (Å²) in [6, 6.07) is 1.06. The molecule has 17 heavy (non-hydrogen) atoms. The first-order valence-electron chi connectivity index (χ1n) is 4.65. The van der Waals surface area contributed by atoms with Crippen LogP contribution in [0.25, 0.3) is 0 Å². The van der Waals surface area contributed by atoms with Crippen molar-refractivity contribution in [2.24, 2.45) is 0 Å². The van der Waals surface area contributed by atoms with E-state index in [1.165, 1.54) is 13.3 Å². The van der Waals surface area contributed by atoms with Gasteiger partial charge in [-0.1, -0.05) is 15.9 Å². The Kier molecular flexibility index (Phi) is 5.02. The van der Waals surface area contributed by atoms with Crippen LogP contribution in [0.1, 0.15) is 10.4 Å². The van der Waals surface area contributed by atoms with Gasteiger partial charge in [0.05, 0.1) is 18.9 Å². The number of nitrogens with zero attached hydrogens (tertiary/aromatic N) is 1. The molecule has 0 saturated heterocycles. The smallest absolute Gasteiger partial charge is 0.321 e. The van der Waals surface area contributed by atoms with E-state index in [-0.39, 0.29) is 12.1 Å². The number of hydrogen-bond acceptors (Lipinski definition) is 4. The van der Waals surface area contributed by atoms with Crippen molar-refractivity contribution >= 4 is 27.8 Å². The highest BCUT2D eigenvalue weighted by molar-refractivity contribution is 9.10. The third kappa shape index (κ3) is 4.10. The molecule has 0 aliphatic heterocycles. The molecule has 0 bridgehead atoms. The molecule has 0 aliphatic carbocycles. The van der Waals surface area contributed by atoms with E-state index in [9.17, 15) is 14.0 Å². The molecule has 0 fully saturated rings. The molecule has 0 spiro atoms. The number of ether oxygens (including phenoxy) is 1. The fourth-order valence-electron chi connectivity index (χ4n) is 1.03. The summed E-state index contributed by atoms with van der Waals surface area (Å²) in [5, 5.41) is 2.45. The van der Waals surface area contributed by atoms with Gasteiger partial charge >= 0.3 is 5.97 Å². The van der Waals surface area contributed by atoms with E-state index in [1.807, 2.05) is 0 Å². The molecular weight excluding hydrogens is 295 g/mol. The largest absolute Gasteiger partial charge is 0.468 e. The first kappa shape index (κ1) is 13.6. The number of aromatic nitrogens is 1. The number of carbonyl (C=O) groups is 2. The van der Waals surface area contributed by atoms with Gasteiger partial charge in [0.1, 0.15) is 10.6 Å². The number of esters is 1. The summed E-state index contributed by atoms with van der Waals surface area (Å²) in [7, 11) is 1.24. The second-order valence-electron chi connectivity index (χ2n) is 3.09. The Balaban J connectivity index is 2.53. The molecule has 0 saturated carbocycles. The number of alkyl halides is 1. The molecule has 1 atom stereocenters. The summed E-state index contributed by atoms with van der Waals surface area (Å²) in [5.74, 6) is -1.60. The molecule has 7 heteroatoms. The van der Waals surface area contributed by atoms with Crippen molar-refractivity contribution in [3.8, 4) is 0 Å². The number of nitrogens with one attached hydrogen (secondary N) is 1. The second kappa shape index (κ2) is 6.29. The van der Waals surface area contributed by atoms with Gasteiger partial charge in [-0.15, -0.1) is 0 Å². The van der Waals surface area contributed by atoms with E-state index in [1.54, 1.807) is 0 Å². The van der Waals surface area contributed by atoms with Crippen molar-refractivity contribution in [1.82, 2.24) is 10.3 Å². The van der Waals surface area contributed by atoms with E-state index < -0.39 is 22.5 Å². The van der Waals surface area contributed by atoms with Crippen LogP contribution in [0.15, 0.2) is 18.5 Å². The average Bonchev–Trinajstić information content (AvgIpc) is 2.34. The molecule has 0 aromatic carbocycles. The van der Waals surface area contributed by atoms with Crippen molar-refractivity contribution in [3.05, 3.63) is 29.8 Å². The molecule has 1 N–H and O–H groups in total. The summed E-state index contributed by atoms with van der Waals surface area (Å²) in [4.78, 5) is 25.4. The Morgan fingerprint density at radius 2 is 2.29 bits per heavy atom. The quantitative estimate of drug-likeness (QED) is 0.662. The average molecular weight is 305 g/mol. The Morgan fingerprint density at radius 3 is 2.88 bits per heavy atom. The van der Waals surface area contributed by atoms with Crippen LogP contribution in [0.2, 0.25) is 0 Å². The summed E-state index contributed by atoms with van der Waals surface area (Å²) in [6.07, 6.45) is 2.23. The number of methoxy groups -OCH3 is 1. The van der Waals surface area contributed by atoms with Crippen molar-refractivity contribution in [1.29, 1.82) is 0 Å². The lowest BCUT2D eigenvalue weighted by atomic mass is 10.2. The zero-order valence-electron chi connectivity index (χ0n) is 8.94. The van der Waals surface area contributed by atoms with Crippen LogP contribution in [-0.2, 0) is 9.53 Å². The van der Waals surface area contributed by atoms with Crippen LogP contribution in [0, 0.1) is 5.82 Å². The third-order valence-electron chi connectivity index (χ3n) is 1.87. The molecule has 1 heterocycles. The number of halogens is 2. The minimum atomic E-state index is -0.641. The molecule has 0 aliphatic rings. The zero-order valence-corrected chi connectivity index (χ0v) is 10.5. The lowest BCUT2D eigenvalue weighted by Gasteiger charge is -2.08. The number of amides is 1. The topological polar surface area (TPSA) is 68.3 Å². The van der Waals surface area contributed by atoms with Gasteiger partial charge in [-0.2, -0.15) is 0 Å². The zero-order chi connectivity index (χ0) is 12.8. The van der Waals surface area contributed by atoms with E-state index >= 15 is 0 Å². The summed E-state index contributed by atoms with van der Waals surface area (Å²) < 4.78 is 17.2. The standard InChI is InChI=1S/C10H10BrFN2O3/c1-17-10(16)8(11)5-14-9(15)6-2-7(12)4-13-3-6/h2-4,8H,5H2,1H3,(H,14,15). The van der Waals surface area contributed by atoms with Crippen LogP contribution < -0.4 is 5.32 Å². The van der Waals surface area contributed by atoms with Crippen molar-refractivity contribution < 1.29 is 18.7 Å². The molecule has 92 valence electrons. The highest BCUT2D eigenvalue weighted by Gasteiger charge is 2.16. The molecule has 1 unspecified atom stereocenters. The van der Waals surface area contributed by atoms with Crippen LogP contribution in [0.4, 0.5) is 4.39 Å². The van der Waals surface area contributed by atoms with Crippen LogP contribution >= 0.6 is 15.9 Å². The van der Waals surface area contributed by atoms with E-state index in [0.717, 1.165) is 12.3 Å². The molecule has 5 nitrogen and oxygen atoms in total. The maximum absolute atomic E-state index is 12.8. The van der Waals surface area contributed by atoms with E-state index in [4.69, 9.17) is 0 Å². The summed E-state index contributed by atoms with van der Waals surface area (Å²) >= 11 is 3.04. The Hall–Kier alpha value is -1.50. The lowest BCUT2D eigenvalue weighted by Crippen LogP contribution is -2.34. The van der Waals surface area contributed by atoms with E-state index in [0.29, 0.717) is 0 Å². The maximum Gasteiger partial charge on any atom is 0.321 e. The van der Waals surface area contributed by atoms with Gasteiger partial charge in [0, 0.05) is 12.7 Å².